The van der Waals surface area contributed by atoms with Gasteiger partial charge < -0.3 is 5.32 Å². The molecule has 0 spiro atoms. The van der Waals surface area contributed by atoms with Gasteiger partial charge in [0.25, 0.3) is 0 Å². The Hall–Kier alpha value is -0.610. The molecule has 0 aromatic rings. The van der Waals surface area contributed by atoms with Crippen molar-refractivity contribution in [3.8, 4) is 0 Å². The van der Waals surface area contributed by atoms with Crippen LogP contribution >= 0.6 is 0 Å². The molecule has 1 rings (SSSR count). The first-order valence-corrected chi connectivity index (χ1v) is 3.41. The van der Waals surface area contributed by atoms with Crippen molar-refractivity contribution in [2.75, 3.05) is 13.2 Å². The second-order valence-corrected chi connectivity index (χ2v) is 2.56. The van der Waals surface area contributed by atoms with E-state index < -0.39 is 0 Å². The van der Waals surface area contributed by atoms with Gasteiger partial charge in [0.2, 0.25) is 5.91 Å². The number of amides is 1. The topological polar surface area (TPSA) is 64.3 Å². The van der Waals surface area contributed by atoms with Crippen molar-refractivity contribution in [1.29, 1.82) is 0 Å². The van der Waals surface area contributed by atoms with Crippen molar-refractivity contribution in [3.63, 3.8) is 0 Å². The standard InChI is InChI=1S/C6H12N2O2/c7-10-4-6(9)8-3-5-1-2-5/h5H,1-4,7H2,(H,8,9). The van der Waals surface area contributed by atoms with E-state index in [2.05, 4.69) is 10.2 Å². The lowest BCUT2D eigenvalue weighted by atomic mass is 10.4. The molecule has 0 heterocycles. The van der Waals surface area contributed by atoms with Crippen LogP contribution in [0.2, 0.25) is 0 Å². The molecule has 0 atom stereocenters. The highest BCUT2D eigenvalue weighted by molar-refractivity contribution is 5.77. The lowest BCUT2D eigenvalue weighted by Crippen LogP contribution is -2.30. The van der Waals surface area contributed by atoms with Crippen LogP contribution in [0.25, 0.3) is 0 Å². The maximum Gasteiger partial charge on any atom is 0.248 e. The number of carbonyl (C=O) groups excluding carboxylic acids is 1. The molecule has 0 bridgehead atoms. The Bertz CT molecular complexity index is 123. The average molecular weight is 144 g/mol. The molecule has 1 saturated carbocycles. The second kappa shape index (κ2) is 3.53. The molecule has 0 aromatic carbocycles. The lowest BCUT2D eigenvalue weighted by Gasteiger charge is -2.00. The Labute approximate surface area is 59.7 Å². The van der Waals surface area contributed by atoms with Crippen LogP contribution < -0.4 is 11.2 Å². The Balaban J connectivity index is 1.94. The van der Waals surface area contributed by atoms with Crippen LogP contribution in [0, 0.1) is 5.92 Å². The van der Waals surface area contributed by atoms with E-state index in [4.69, 9.17) is 5.90 Å². The first-order chi connectivity index (χ1) is 4.83. The molecule has 1 amide bonds. The number of rotatable bonds is 4. The summed E-state index contributed by atoms with van der Waals surface area (Å²) >= 11 is 0. The molecule has 4 nitrogen and oxygen atoms in total. The summed E-state index contributed by atoms with van der Waals surface area (Å²) in [7, 11) is 0. The minimum atomic E-state index is -0.130. The predicted octanol–water partition coefficient (Wildman–Crippen LogP) is -0.597. The van der Waals surface area contributed by atoms with Gasteiger partial charge in [-0.1, -0.05) is 0 Å². The summed E-state index contributed by atoms with van der Waals surface area (Å²) in [6.45, 7) is 0.745. The van der Waals surface area contributed by atoms with E-state index in [9.17, 15) is 4.79 Å². The van der Waals surface area contributed by atoms with Crippen molar-refractivity contribution in [3.05, 3.63) is 0 Å². The summed E-state index contributed by atoms with van der Waals surface area (Å²) < 4.78 is 0. The van der Waals surface area contributed by atoms with Crippen molar-refractivity contribution in [2.45, 2.75) is 12.8 Å². The number of nitrogens with two attached hydrogens (primary N) is 1. The summed E-state index contributed by atoms with van der Waals surface area (Å²) in [6, 6.07) is 0. The summed E-state index contributed by atoms with van der Waals surface area (Å²) in [5.41, 5.74) is 0. The first-order valence-electron chi connectivity index (χ1n) is 3.41. The Kier molecular flexibility index (Phi) is 2.65. The van der Waals surface area contributed by atoms with E-state index in [0.717, 1.165) is 6.54 Å². The molecule has 10 heavy (non-hydrogen) atoms. The van der Waals surface area contributed by atoms with E-state index in [-0.39, 0.29) is 12.5 Å². The molecule has 0 unspecified atom stereocenters. The third-order valence-corrected chi connectivity index (χ3v) is 1.50. The average Bonchev–Trinajstić information content (AvgIpc) is 2.67. The van der Waals surface area contributed by atoms with Gasteiger partial charge in [-0.2, -0.15) is 0 Å². The zero-order valence-corrected chi connectivity index (χ0v) is 5.80. The zero-order valence-electron chi connectivity index (χ0n) is 5.80. The normalized spacial score (nSPS) is 16.9. The molecule has 1 aliphatic rings. The van der Waals surface area contributed by atoms with Crippen molar-refractivity contribution in [1.82, 2.24) is 5.32 Å². The van der Waals surface area contributed by atoms with Gasteiger partial charge in [0, 0.05) is 6.54 Å². The highest BCUT2D eigenvalue weighted by Gasteiger charge is 2.21. The SMILES string of the molecule is NOCC(=O)NCC1CC1. The Morgan fingerprint density at radius 2 is 2.40 bits per heavy atom. The van der Waals surface area contributed by atoms with E-state index in [1.807, 2.05) is 0 Å². The van der Waals surface area contributed by atoms with Gasteiger partial charge in [0.05, 0.1) is 0 Å². The molecule has 4 heteroatoms. The third kappa shape index (κ3) is 2.80. The van der Waals surface area contributed by atoms with Gasteiger partial charge in [-0.25, -0.2) is 5.90 Å². The fourth-order valence-electron chi connectivity index (χ4n) is 0.707. The van der Waals surface area contributed by atoms with Crippen LogP contribution in [-0.4, -0.2) is 19.1 Å². The van der Waals surface area contributed by atoms with Crippen LogP contribution in [-0.2, 0) is 9.63 Å². The third-order valence-electron chi connectivity index (χ3n) is 1.50. The number of nitrogens with one attached hydrogen (secondary N) is 1. The highest BCUT2D eigenvalue weighted by Crippen LogP contribution is 2.27. The maximum atomic E-state index is 10.7. The summed E-state index contributed by atoms with van der Waals surface area (Å²) in [5.74, 6) is 5.27. The molecule has 0 aliphatic heterocycles. The van der Waals surface area contributed by atoms with E-state index in [1.165, 1.54) is 12.8 Å². The van der Waals surface area contributed by atoms with Crippen molar-refractivity contribution < 1.29 is 9.63 Å². The van der Waals surface area contributed by atoms with Crippen molar-refractivity contribution in [2.24, 2.45) is 11.8 Å². The summed E-state index contributed by atoms with van der Waals surface area (Å²) in [5, 5.41) is 2.70. The van der Waals surface area contributed by atoms with Gasteiger partial charge in [0.15, 0.2) is 0 Å². The van der Waals surface area contributed by atoms with Crippen LogP contribution in [0.15, 0.2) is 0 Å². The molecular weight excluding hydrogens is 132 g/mol. The van der Waals surface area contributed by atoms with E-state index >= 15 is 0 Å². The van der Waals surface area contributed by atoms with Crippen LogP contribution in [0.1, 0.15) is 12.8 Å². The minimum Gasteiger partial charge on any atom is -0.354 e. The van der Waals surface area contributed by atoms with E-state index in [0.29, 0.717) is 5.92 Å². The summed E-state index contributed by atoms with van der Waals surface area (Å²) in [6.07, 6.45) is 2.48. The molecule has 0 radical (unpaired) electrons. The molecule has 0 aromatic heterocycles. The van der Waals surface area contributed by atoms with Crippen LogP contribution in [0.3, 0.4) is 0 Å². The zero-order chi connectivity index (χ0) is 7.40. The molecule has 58 valence electrons. The predicted molar refractivity (Wildman–Crippen MR) is 35.9 cm³/mol. The van der Waals surface area contributed by atoms with Gasteiger partial charge >= 0.3 is 0 Å². The minimum absolute atomic E-state index is 0.0350. The Morgan fingerprint density at radius 3 is 2.90 bits per heavy atom. The number of hydrogen-bond donors (Lipinski definition) is 2. The first kappa shape index (κ1) is 7.50. The molecule has 1 aliphatic carbocycles. The fourth-order valence-corrected chi connectivity index (χ4v) is 0.707. The van der Waals surface area contributed by atoms with Gasteiger partial charge in [-0.05, 0) is 18.8 Å². The lowest BCUT2D eigenvalue weighted by molar-refractivity contribution is -0.125. The van der Waals surface area contributed by atoms with Gasteiger partial charge in [-0.3, -0.25) is 9.63 Å². The number of carbonyl (C=O) groups is 1. The van der Waals surface area contributed by atoms with Crippen LogP contribution in [0.5, 0.6) is 0 Å². The van der Waals surface area contributed by atoms with Gasteiger partial charge in [-0.15, -0.1) is 0 Å². The fraction of sp³-hybridized carbons (Fsp3) is 0.833. The highest BCUT2D eigenvalue weighted by atomic mass is 16.6. The second-order valence-electron chi connectivity index (χ2n) is 2.56. The smallest absolute Gasteiger partial charge is 0.248 e. The quantitative estimate of drug-likeness (QED) is 0.518. The maximum absolute atomic E-state index is 10.7. The number of hydrogen-bond acceptors (Lipinski definition) is 3. The largest absolute Gasteiger partial charge is 0.354 e. The Morgan fingerprint density at radius 1 is 1.70 bits per heavy atom. The van der Waals surface area contributed by atoms with Gasteiger partial charge in [0.1, 0.15) is 6.61 Å². The molecule has 0 saturated heterocycles. The van der Waals surface area contributed by atoms with Crippen LogP contribution in [0.4, 0.5) is 0 Å². The van der Waals surface area contributed by atoms with E-state index in [1.54, 1.807) is 0 Å². The molecular formula is C6H12N2O2. The molecule has 1 fully saturated rings. The molecule has 3 N–H and O–H groups in total. The van der Waals surface area contributed by atoms with Crippen molar-refractivity contribution >= 4 is 5.91 Å². The summed E-state index contributed by atoms with van der Waals surface area (Å²) in [4.78, 5) is 14.8. The monoisotopic (exact) mass is 144 g/mol.